The third-order valence-corrected chi connectivity index (χ3v) is 3.52. The SMILES string of the molecule is CN(C)c1ccc(Cc2nc(-c3ccc(N)cc3)n[nH]2)cc1. The van der Waals surface area contributed by atoms with Crippen LogP contribution in [0.2, 0.25) is 0 Å². The standard InChI is InChI=1S/C17H19N5/c1-22(2)15-9-3-12(4-10-15)11-16-19-17(21-20-16)13-5-7-14(18)8-6-13/h3-10H,11,18H2,1-2H3,(H,19,20,21). The first-order valence-corrected chi connectivity index (χ1v) is 7.15. The number of aromatic nitrogens is 3. The van der Waals surface area contributed by atoms with Gasteiger partial charge in [-0.25, -0.2) is 4.98 Å². The Morgan fingerprint density at radius 3 is 2.32 bits per heavy atom. The van der Waals surface area contributed by atoms with Crippen LogP contribution in [0.1, 0.15) is 11.4 Å². The minimum atomic E-state index is 0.694. The molecule has 0 aliphatic rings. The predicted octanol–water partition coefficient (Wildman–Crippen LogP) is 2.71. The van der Waals surface area contributed by atoms with E-state index in [2.05, 4.69) is 44.3 Å². The van der Waals surface area contributed by atoms with Gasteiger partial charge in [0, 0.05) is 37.5 Å². The molecule has 0 fully saturated rings. The smallest absolute Gasteiger partial charge is 0.181 e. The summed E-state index contributed by atoms with van der Waals surface area (Å²) in [6.07, 6.45) is 0.732. The van der Waals surface area contributed by atoms with Gasteiger partial charge in [-0.2, -0.15) is 5.10 Å². The zero-order valence-corrected chi connectivity index (χ0v) is 12.7. The maximum absolute atomic E-state index is 5.69. The average Bonchev–Trinajstić information content (AvgIpc) is 2.97. The molecule has 0 radical (unpaired) electrons. The van der Waals surface area contributed by atoms with Gasteiger partial charge in [0.1, 0.15) is 5.82 Å². The number of anilines is 2. The van der Waals surface area contributed by atoms with Gasteiger partial charge in [0.15, 0.2) is 5.82 Å². The molecule has 112 valence electrons. The van der Waals surface area contributed by atoms with Crippen molar-refractivity contribution in [2.75, 3.05) is 24.7 Å². The number of nitrogens with zero attached hydrogens (tertiary/aromatic N) is 3. The van der Waals surface area contributed by atoms with Gasteiger partial charge in [-0.15, -0.1) is 0 Å². The maximum Gasteiger partial charge on any atom is 0.181 e. The summed E-state index contributed by atoms with van der Waals surface area (Å²) in [7, 11) is 4.06. The number of hydrogen-bond acceptors (Lipinski definition) is 4. The van der Waals surface area contributed by atoms with Crippen LogP contribution in [0.3, 0.4) is 0 Å². The number of nitrogens with two attached hydrogens (primary N) is 1. The van der Waals surface area contributed by atoms with Crippen molar-refractivity contribution in [3.8, 4) is 11.4 Å². The number of H-pyrrole nitrogens is 1. The highest BCUT2D eigenvalue weighted by molar-refractivity contribution is 5.58. The Balaban J connectivity index is 1.75. The lowest BCUT2D eigenvalue weighted by Crippen LogP contribution is -2.08. The van der Waals surface area contributed by atoms with E-state index in [1.54, 1.807) is 0 Å². The van der Waals surface area contributed by atoms with Gasteiger partial charge in [-0.1, -0.05) is 12.1 Å². The van der Waals surface area contributed by atoms with E-state index in [1.807, 2.05) is 38.4 Å². The van der Waals surface area contributed by atoms with Crippen molar-refractivity contribution in [3.05, 3.63) is 59.9 Å². The Morgan fingerprint density at radius 1 is 1.00 bits per heavy atom. The summed E-state index contributed by atoms with van der Waals surface area (Å²) in [5, 5.41) is 7.27. The Morgan fingerprint density at radius 2 is 1.68 bits per heavy atom. The highest BCUT2D eigenvalue weighted by atomic mass is 15.2. The van der Waals surface area contributed by atoms with Gasteiger partial charge in [0.05, 0.1) is 0 Å². The average molecular weight is 293 g/mol. The minimum absolute atomic E-state index is 0.694. The Hall–Kier alpha value is -2.82. The van der Waals surface area contributed by atoms with Crippen molar-refractivity contribution >= 4 is 11.4 Å². The van der Waals surface area contributed by atoms with Crippen molar-refractivity contribution in [1.82, 2.24) is 15.2 Å². The summed E-state index contributed by atoms with van der Waals surface area (Å²) in [5.41, 5.74) is 9.77. The normalized spacial score (nSPS) is 10.6. The minimum Gasteiger partial charge on any atom is -0.399 e. The largest absolute Gasteiger partial charge is 0.399 e. The zero-order valence-electron chi connectivity index (χ0n) is 12.7. The molecule has 5 heteroatoms. The highest BCUT2D eigenvalue weighted by Crippen LogP contribution is 2.18. The quantitative estimate of drug-likeness (QED) is 0.726. The lowest BCUT2D eigenvalue weighted by Gasteiger charge is -2.12. The fraction of sp³-hybridized carbons (Fsp3) is 0.176. The molecule has 0 atom stereocenters. The van der Waals surface area contributed by atoms with E-state index in [1.165, 1.54) is 11.3 Å². The Labute approximate surface area is 129 Å². The molecular weight excluding hydrogens is 274 g/mol. The number of nitrogen functional groups attached to an aromatic ring is 1. The van der Waals surface area contributed by atoms with Crippen molar-refractivity contribution < 1.29 is 0 Å². The van der Waals surface area contributed by atoms with E-state index in [0.717, 1.165) is 23.5 Å². The molecule has 3 rings (SSSR count). The molecule has 3 N–H and O–H groups in total. The van der Waals surface area contributed by atoms with Crippen LogP contribution in [0, 0.1) is 0 Å². The summed E-state index contributed by atoms with van der Waals surface area (Å²) < 4.78 is 0. The fourth-order valence-electron chi connectivity index (χ4n) is 2.24. The fourth-order valence-corrected chi connectivity index (χ4v) is 2.24. The van der Waals surface area contributed by atoms with Crippen LogP contribution in [0.4, 0.5) is 11.4 Å². The highest BCUT2D eigenvalue weighted by Gasteiger charge is 2.07. The molecule has 3 aromatic rings. The molecule has 0 unspecified atom stereocenters. The molecule has 0 saturated carbocycles. The lowest BCUT2D eigenvalue weighted by molar-refractivity contribution is 0.972. The van der Waals surface area contributed by atoms with E-state index in [0.29, 0.717) is 5.82 Å². The molecule has 22 heavy (non-hydrogen) atoms. The Bertz CT molecular complexity index is 741. The van der Waals surface area contributed by atoms with E-state index >= 15 is 0 Å². The number of rotatable bonds is 4. The van der Waals surface area contributed by atoms with E-state index in [9.17, 15) is 0 Å². The molecular formula is C17H19N5. The molecule has 1 heterocycles. The van der Waals surface area contributed by atoms with Crippen molar-refractivity contribution in [2.45, 2.75) is 6.42 Å². The molecule has 0 spiro atoms. The van der Waals surface area contributed by atoms with Gasteiger partial charge in [0.2, 0.25) is 0 Å². The van der Waals surface area contributed by atoms with Crippen molar-refractivity contribution in [3.63, 3.8) is 0 Å². The summed E-state index contributed by atoms with van der Waals surface area (Å²) in [5.74, 6) is 1.55. The van der Waals surface area contributed by atoms with Crippen LogP contribution in [0.25, 0.3) is 11.4 Å². The number of benzene rings is 2. The summed E-state index contributed by atoms with van der Waals surface area (Å²) in [6.45, 7) is 0. The monoisotopic (exact) mass is 293 g/mol. The van der Waals surface area contributed by atoms with Crippen LogP contribution in [-0.4, -0.2) is 29.3 Å². The number of hydrogen-bond donors (Lipinski definition) is 2. The molecule has 0 bridgehead atoms. The second kappa shape index (κ2) is 5.89. The van der Waals surface area contributed by atoms with Gasteiger partial charge < -0.3 is 10.6 Å². The van der Waals surface area contributed by atoms with Gasteiger partial charge in [0.25, 0.3) is 0 Å². The van der Waals surface area contributed by atoms with Crippen molar-refractivity contribution in [2.24, 2.45) is 0 Å². The third kappa shape index (κ3) is 3.09. The van der Waals surface area contributed by atoms with E-state index in [-0.39, 0.29) is 0 Å². The molecule has 1 aromatic heterocycles. The maximum atomic E-state index is 5.69. The third-order valence-electron chi connectivity index (χ3n) is 3.52. The van der Waals surface area contributed by atoms with Crippen LogP contribution in [0.5, 0.6) is 0 Å². The van der Waals surface area contributed by atoms with Crippen LogP contribution >= 0.6 is 0 Å². The molecule has 2 aromatic carbocycles. The van der Waals surface area contributed by atoms with E-state index < -0.39 is 0 Å². The summed E-state index contributed by atoms with van der Waals surface area (Å²) in [4.78, 5) is 6.63. The first-order chi connectivity index (χ1) is 10.6. The summed E-state index contributed by atoms with van der Waals surface area (Å²) >= 11 is 0. The molecule has 0 aliphatic carbocycles. The van der Waals surface area contributed by atoms with Crippen LogP contribution in [-0.2, 0) is 6.42 Å². The number of nitrogens with one attached hydrogen (secondary N) is 1. The van der Waals surface area contributed by atoms with Crippen molar-refractivity contribution in [1.29, 1.82) is 0 Å². The van der Waals surface area contributed by atoms with E-state index in [4.69, 9.17) is 5.73 Å². The number of aromatic amines is 1. The second-order valence-corrected chi connectivity index (χ2v) is 5.47. The first-order valence-electron chi connectivity index (χ1n) is 7.15. The van der Waals surface area contributed by atoms with Gasteiger partial charge in [-0.3, -0.25) is 5.10 Å². The summed E-state index contributed by atoms with van der Waals surface area (Å²) in [6, 6.07) is 16.0. The first kappa shape index (κ1) is 14.1. The molecule has 0 aliphatic heterocycles. The zero-order chi connectivity index (χ0) is 15.5. The topological polar surface area (TPSA) is 70.8 Å². The molecule has 0 saturated heterocycles. The van der Waals surface area contributed by atoms with Gasteiger partial charge in [-0.05, 0) is 42.0 Å². The molecule has 0 amide bonds. The van der Waals surface area contributed by atoms with Crippen LogP contribution < -0.4 is 10.6 Å². The Kier molecular flexibility index (Phi) is 3.78. The molecule has 5 nitrogen and oxygen atoms in total. The lowest BCUT2D eigenvalue weighted by atomic mass is 10.1. The predicted molar refractivity (Wildman–Crippen MR) is 89.8 cm³/mol. The van der Waals surface area contributed by atoms with Crippen LogP contribution in [0.15, 0.2) is 48.5 Å². The van der Waals surface area contributed by atoms with Gasteiger partial charge >= 0.3 is 0 Å². The second-order valence-electron chi connectivity index (χ2n) is 5.47.